The summed E-state index contributed by atoms with van der Waals surface area (Å²) in [5.41, 5.74) is 3.28. The second kappa shape index (κ2) is 10.3. The minimum atomic E-state index is -0.875. The van der Waals surface area contributed by atoms with E-state index in [1.54, 1.807) is 41.9 Å². The number of imide groups is 1. The van der Waals surface area contributed by atoms with Crippen LogP contribution in [-0.2, 0) is 11.3 Å². The SMILES string of the molecule is Cc1c(C(=O)NC(=O)OCc2ccccc2)nn(-c2ccc(Cl)cc2Cl)c1-c1ccc(Cl)cc1. The van der Waals surface area contributed by atoms with Crippen molar-refractivity contribution in [1.29, 1.82) is 0 Å². The Morgan fingerprint density at radius 2 is 1.62 bits per heavy atom. The van der Waals surface area contributed by atoms with E-state index in [2.05, 4.69) is 10.4 Å². The average molecular weight is 515 g/mol. The maximum Gasteiger partial charge on any atom is 0.414 e. The van der Waals surface area contributed by atoms with Gasteiger partial charge in [0.15, 0.2) is 5.69 Å². The number of alkyl carbamates (subject to hydrolysis) is 1. The minimum Gasteiger partial charge on any atom is -0.444 e. The number of halogens is 3. The van der Waals surface area contributed by atoms with Crippen LogP contribution in [0.15, 0.2) is 72.8 Å². The zero-order valence-corrected chi connectivity index (χ0v) is 20.2. The van der Waals surface area contributed by atoms with E-state index in [1.807, 2.05) is 42.5 Å². The van der Waals surface area contributed by atoms with Gasteiger partial charge in [-0.25, -0.2) is 9.48 Å². The third-order valence-corrected chi connectivity index (χ3v) is 5.81. The fourth-order valence-corrected chi connectivity index (χ4v) is 4.01. The van der Waals surface area contributed by atoms with Crippen LogP contribution in [0, 0.1) is 6.92 Å². The summed E-state index contributed by atoms with van der Waals surface area (Å²) >= 11 is 18.5. The van der Waals surface area contributed by atoms with Crippen molar-refractivity contribution in [2.75, 3.05) is 0 Å². The molecule has 0 aliphatic carbocycles. The van der Waals surface area contributed by atoms with Crippen LogP contribution in [-0.4, -0.2) is 21.8 Å². The van der Waals surface area contributed by atoms with Crippen LogP contribution in [0.2, 0.25) is 15.1 Å². The first-order chi connectivity index (χ1) is 16.3. The fourth-order valence-electron chi connectivity index (χ4n) is 3.40. The quantitative estimate of drug-likeness (QED) is 0.315. The van der Waals surface area contributed by atoms with Gasteiger partial charge < -0.3 is 4.74 Å². The van der Waals surface area contributed by atoms with E-state index in [9.17, 15) is 9.59 Å². The molecular formula is C25H18Cl3N3O3. The third kappa shape index (κ3) is 5.25. The molecule has 0 unspecified atom stereocenters. The van der Waals surface area contributed by atoms with Gasteiger partial charge in [-0.05, 0) is 42.8 Å². The molecule has 1 N–H and O–H groups in total. The smallest absolute Gasteiger partial charge is 0.414 e. The zero-order valence-electron chi connectivity index (χ0n) is 17.9. The summed E-state index contributed by atoms with van der Waals surface area (Å²) in [5.74, 6) is -0.699. The molecule has 0 aliphatic rings. The lowest BCUT2D eigenvalue weighted by Gasteiger charge is -2.11. The molecule has 0 saturated heterocycles. The second-order valence-corrected chi connectivity index (χ2v) is 8.63. The standard InChI is InChI=1S/C25H18Cl3N3O3/c1-15-22(24(32)29-25(33)34-14-16-5-3-2-4-6-16)30-31(21-12-11-19(27)13-20(21)28)23(15)17-7-9-18(26)10-8-17/h2-13H,14H2,1H3,(H,29,32,33). The van der Waals surface area contributed by atoms with Gasteiger partial charge in [0, 0.05) is 21.2 Å². The largest absolute Gasteiger partial charge is 0.444 e. The molecular weight excluding hydrogens is 497 g/mol. The first-order valence-electron chi connectivity index (χ1n) is 10.2. The first-order valence-corrected chi connectivity index (χ1v) is 11.3. The van der Waals surface area contributed by atoms with Gasteiger partial charge in [-0.3, -0.25) is 10.1 Å². The highest BCUT2D eigenvalue weighted by molar-refractivity contribution is 6.35. The molecule has 0 bridgehead atoms. The summed E-state index contributed by atoms with van der Waals surface area (Å²) in [6, 6.07) is 21.2. The van der Waals surface area contributed by atoms with E-state index in [0.717, 1.165) is 11.1 Å². The Morgan fingerprint density at radius 1 is 0.941 bits per heavy atom. The molecule has 0 saturated carbocycles. The van der Waals surface area contributed by atoms with Crippen LogP contribution in [0.3, 0.4) is 0 Å². The Bertz CT molecular complexity index is 1350. The Hall–Kier alpha value is -3.32. The monoisotopic (exact) mass is 513 g/mol. The van der Waals surface area contributed by atoms with Crippen molar-refractivity contribution in [2.45, 2.75) is 13.5 Å². The molecule has 9 heteroatoms. The fraction of sp³-hybridized carbons (Fsp3) is 0.0800. The number of rotatable bonds is 5. The van der Waals surface area contributed by atoms with E-state index in [0.29, 0.717) is 32.0 Å². The van der Waals surface area contributed by atoms with Gasteiger partial charge in [0.25, 0.3) is 5.91 Å². The topological polar surface area (TPSA) is 73.2 Å². The minimum absolute atomic E-state index is 0.0315. The molecule has 4 rings (SSSR count). The number of carbonyl (C=O) groups excluding carboxylic acids is 2. The van der Waals surface area contributed by atoms with Gasteiger partial charge in [-0.1, -0.05) is 77.3 Å². The molecule has 34 heavy (non-hydrogen) atoms. The third-order valence-electron chi connectivity index (χ3n) is 5.02. The zero-order chi connectivity index (χ0) is 24.2. The lowest BCUT2D eigenvalue weighted by molar-refractivity contribution is 0.0907. The van der Waals surface area contributed by atoms with E-state index in [-0.39, 0.29) is 12.3 Å². The van der Waals surface area contributed by atoms with Crippen molar-refractivity contribution in [3.63, 3.8) is 0 Å². The van der Waals surface area contributed by atoms with Gasteiger partial charge >= 0.3 is 6.09 Å². The lowest BCUT2D eigenvalue weighted by Crippen LogP contribution is -2.31. The summed E-state index contributed by atoms with van der Waals surface area (Å²) < 4.78 is 6.70. The average Bonchev–Trinajstić information content (AvgIpc) is 3.16. The summed E-state index contributed by atoms with van der Waals surface area (Å²) in [6.45, 7) is 1.77. The molecule has 3 aromatic carbocycles. The number of aromatic nitrogens is 2. The van der Waals surface area contributed by atoms with Crippen LogP contribution in [0.4, 0.5) is 4.79 Å². The van der Waals surface area contributed by atoms with E-state index in [1.165, 1.54) is 0 Å². The highest BCUT2D eigenvalue weighted by atomic mass is 35.5. The molecule has 0 fully saturated rings. The Kier molecular flexibility index (Phi) is 7.22. The number of hydrogen-bond donors (Lipinski definition) is 1. The summed E-state index contributed by atoms with van der Waals surface area (Å²) in [5, 5.41) is 8.08. The molecule has 1 heterocycles. The number of hydrogen-bond acceptors (Lipinski definition) is 4. The number of ether oxygens (including phenoxy) is 1. The predicted molar refractivity (Wildman–Crippen MR) is 133 cm³/mol. The summed E-state index contributed by atoms with van der Waals surface area (Å²) in [7, 11) is 0. The molecule has 172 valence electrons. The van der Waals surface area contributed by atoms with Crippen LogP contribution >= 0.6 is 34.8 Å². The Labute approximate surface area is 211 Å². The second-order valence-electron chi connectivity index (χ2n) is 7.35. The van der Waals surface area contributed by atoms with Gasteiger partial charge in [0.2, 0.25) is 0 Å². The number of nitrogens with one attached hydrogen (secondary N) is 1. The molecule has 4 aromatic rings. The molecule has 1 aromatic heterocycles. The normalized spacial score (nSPS) is 10.7. The maximum absolute atomic E-state index is 12.9. The van der Waals surface area contributed by atoms with E-state index < -0.39 is 12.0 Å². The number of amides is 2. The van der Waals surface area contributed by atoms with Crippen LogP contribution in [0.1, 0.15) is 21.6 Å². The number of benzene rings is 3. The molecule has 6 nitrogen and oxygen atoms in total. The first kappa shape index (κ1) is 23.8. The summed E-state index contributed by atoms with van der Waals surface area (Å²) in [4.78, 5) is 25.2. The lowest BCUT2D eigenvalue weighted by atomic mass is 10.1. The molecule has 0 aliphatic heterocycles. The van der Waals surface area contributed by atoms with E-state index in [4.69, 9.17) is 39.5 Å². The molecule has 0 atom stereocenters. The highest BCUT2D eigenvalue weighted by Crippen LogP contribution is 2.33. The van der Waals surface area contributed by atoms with Crippen LogP contribution < -0.4 is 5.32 Å². The van der Waals surface area contributed by atoms with Gasteiger partial charge in [0.1, 0.15) is 6.61 Å². The van der Waals surface area contributed by atoms with Crippen LogP contribution in [0.5, 0.6) is 0 Å². The van der Waals surface area contributed by atoms with Crippen molar-refractivity contribution < 1.29 is 14.3 Å². The molecule has 2 amide bonds. The molecule has 0 radical (unpaired) electrons. The van der Waals surface area contributed by atoms with Crippen molar-refractivity contribution in [3.05, 3.63) is 105 Å². The van der Waals surface area contributed by atoms with Crippen molar-refractivity contribution in [1.82, 2.24) is 15.1 Å². The Morgan fingerprint density at radius 3 is 2.29 bits per heavy atom. The van der Waals surface area contributed by atoms with Gasteiger partial charge in [-0.15, -0.1) is 0 Å². The van der Waals surface area contributed by atoms with Crippen molar-refractivity contribution in [3.8, 4) is 16.9 Å². The highest BCUT2D eigenvalue weighted by Gasteiger charge is 2.24. The predicted octanol–water partition coefficient (Wildman–Crippen LogP) is 6.87. The number of nitrogens with zero attached hydrogens (tertiary/aromatic N) is 2. The van der Waals surface area contributed by atoms with Gasteiger partial charge in [-0.2, -0.15) is 5.10 Å². The molecule has 0 spiro atoms. The van der Waals surface area contributed by atoms with E-state index >= 15 is 0 Å². The number of carbonyl (C=O) groups is 2. The Balaban J connectivity index is 1.66. The van der Waals surface area contributed by atoms with Crippen molar-refractivity contribution in [2.24, 2.45) is 0 Å². The van der Waals surface area contributed by atoms with Crippen LogP contribution in [0.25, 0.3) is 16.9 Å². The van der Waals surface area contributed by atoms with Crippen molar-refractivity contribution >= 4 is 46.8 Å². The van der Waals surface area contributed by atoms with Gasteiger partial charge in [0.05, 0.1) is 16.4 Å². The summed E-state index contributed by atoms with van der Waals surface area (Å²) in [6.07, 6.45) is -0.875. The maximum atomic E-state index is 12.9.